The highest BCUT2D eigenvalue weighted by Crippen LogP contribution is 2.37. The zero-order chi connectivity index (χ0) is 13.9. The van der Waals surface area contributed by atoms with Crippen molar-refractivity contribution in [3.8, 4) is 11.5 Å². The lowest BCUT2D eigenvalue weighted by Crippen LogP contribution is -2.13. The van der Waals surface area contributed by atoms with Crippen LogP contribution in [0.4, 0.5) is 5.69 Å². The van der Waals surface area contributed by atoms with E-state index in [2.05, 4.69) is 0 Å². The topological polar surface area (TPSA) is 119 Å². The van der Waals surface area contributed by atoms with Crippen molar-refractivity contribution in [1.82, 2.24) is 0 Å². The number of carbonyl (C=O) groups is 1. The summed E-state index contributed by atoms with van der Waals surface area (Å²) in [6, 6.07) is 2.07. The fourth-order valence-corrected chi connectivity index (χ4v) is 1.39. The number of aliphatic hydroxyl groups is 1. The minimum absolute atomic E-state index is 0.0746. The maximum absolute atomic E-state index is 10.8. The van der Waals surface area contributed by atoms with E-state index in [-0.39, 0.29) is 17.1 Å². The molecule has 98 valence electrons. The molecule has 0 amide bonds. The Hall–Kier alpha value is -2.35. The number of carboxylic acids is 1. The number of ether oxygens (including phenoxy) is 2. The Morgan fingerprint density at radius 1 is 1.33 bits per heavy atom. The first-order chi connectivity index (χ1) is 8.42. The lowest BCUT2D eigenvalue weighted by Gasteiger charge is -2.12. The van der Waals surface area contributed by atoms with E-state index in [9.17, 15) is 20.0 Å². The highest BCUT2D eigenvalue weighted by atomic mass is 16.6. The predicted molar refractivity (Wildman–Crippen MR) is 58.8 cm³/mol. The molecule has 0 aliphatic rings. The molecule has 1 atom stereocenters. The Labute approximate surface area is 102 Å². The number of rotatable bonds is 5. The fourth-order valence-electron chi connectivity index (χ4n) is 1.39. The Kier molecular flexibility index (Phi) is 4.05. The van der Waals surface area contributed by atoms with Crippen molar-refractivity contribution in [2.45, 2.75) is 6.10 Å². The van der Waals surface area contributed by atoms with Crippen LogP contribution in [0.5, 0.6) is 11.5 Å². The minimum atomic E-state index is -2.01. The average molecular weight is 257 g/mol. The first-order valence-electron chi connectivity index (χ1n) is 4.73. The van der Waals surface area contributed by atoms with Gasteiger partial charge in [-0.15, -0.1) is 0 Å². The summed E-state index contributed by atoms with van der Waals surface area (Å²) < 4.78 is 9.75. The summed E-state index contributed by atoms with van der Waals surface area (Å²) in [6.45, 7) is 0. The number of nitro benzene ring substituents is 1. The third-order valence-electron chi connectivity index (χ3n) is 2.26. The van der Waals surface area contributed by atoms with Crippen molar-refractivity contribution < 1.29 is 29.4 Å². The van der Waals surface area contributed by atoms with Crippen LogP contribution in [0.25, 0.3) is 0 Å². The molecule has 0 radical (unpaired) electrons. The van der Waals surface area contributed by atoms with E-state index in [1.165, 1.54) is 14.2 Å². The molecule has 18 heavy (non-hydrogen) atoms. The highest BCUT2D eigenvalue weighted by Gasteiger charge is 2.28. The summed E-state index contributed by atoms with van der Waals surface area (Å²) >= 11 is 0. The van der Waals surface area contributed by atoms with Crippen LogP contribution in [0.1, 0.15) is 11.7 Å². The Morgan fingerprint density at radius 3 is 2.22 bits per heavy atom. The number of carboxylic acid groups (broad SMARTS) is 1. The van der Waals surface area contributed by atoms with E-state index in [0.717, 1.165) is 12.1 Å². The van der Waals surface area contributed by atoms with Gasteiger partial charge >= 0.3 is 5.97 Å². The molecule has 8 nitrogen and oxygen atoms in total. The second-order valence-corrected chi connectivity index (χ2v) is 3.26. The van der Waals surface area contributed by atoms with Gasteiger partial charge in [0.15, 0.2) is 17.6 Å². The molecule has 0 saturated heterocycles. The van der Waals surface area contributed by atoms with Crippen molar-refractivity contribution in [1.29, 1.82) is 0 Å². The monoisotopic (exact) mass is 257 g/mol. The Morgan fingerprint density at radius 2 is 1.83 bits per heavy atom. The number of aliphatic hydroxyl groups excluding tert-OH is 1. The lowest BCUT2D eigenvalue weighted by molar-refractivity contribution is -0.386. The second kappa shape index (κ2) is 5.32. The van der Waals surface area contributed by atoms with Crippen LogP contribution in [-0.2, 0) is 4.79 Å². The Balaban J connectivity index is 3.47. The molecule has 0 saturated carbocycles. The van der Waals surface area contributed by atoms with Gasteiger partial charge < -0.3 is 19.7 Å². The molecule has 8 heteroatoms. The van der Waals surface area contributed by atoms with Crippen LogP contribution in [0.2, 0.25) is 0 Å². The van der Waals surface area contributed by atoms with E-state index >= 15 is 0 Å². The molecule has 0 aliphatic carbocycles. The van der Waals surface area contributed by atoms with Gasteiger partial charge in [0.1, 0.15) is 0 Å². The maximum Gasteiger partial charge on any atom is 0.337 e. The van der Waals surface area contributed by atoms with Gasteiger partial charge in [-0.25, -0.2) is 4.79 Å². The van der Waals surface area contributed by atoms with Crippen LogP contribution in [0.15, 0.2) is 12.1 Å². The third-order valence-corrected chi connectivity index (χ3v) is 2.26. The summed E-state index contributed by atoms with van der Waals surface area (Å²) in [5.41, 5.74) is -0.923. The van der Waals surface area contributed by atoms with Crippen LogP contribution in [0, 0.1) is 10.1 Å². The summed E-state index contributed by atoms with van der Waals surface area (Å²) in [4.78, 5) is 20.7. The van der Waals surface area contributed by atoms with Crippen LogP contribution >= 0.6 is 0 Å². The number of hydrogen-bond acceptors (Lipinski definition) is 6. The quantitative estimate of drug-likeness (QED) is 0.589. The van der Waals surface area contributed by atoms with E-state index in [0.29, 0.717) is 0 Å². The number of nitrogens with zero attached hydrogens (tertiary/aromatic N) is 1. The molecule has 0 aliphatic heterocycles. The standard InChI is InChI=1S/C10H11NO7/c1-17-7-3-5(9(12)10(13)14)6(11(15)16)4-8(7)18-2/h3-4,9,12H,1-2H3,(H,13,14). The first-order valence-corrected chi connectivity index (χ1v) is 4.73. The number of benzene rings is 1. The summed E-state index contributed by atoms with van der Waals surface area (Å²) in [5, 5.41) is 28.9. The molecule has 0 bridgehead atoms. The van der Waals surface area contributed by atoms with Crippen molar-refractivity contribution in [3.05, 3.63) is 27.8 Å². The van der Waals surface area contributed by atoms with Crippen LogP contribution < -0.4 is 9.47 Å². The normalized spacial score (nSPS) is 11.7. The zero-order valence-electron chi connectivity index (χ0n) is 9.61. The SMILES string of the molecule is COc1cc(C(O)C(=O)O)c([N+](=O)[O-])cc1OC. The van der Waals surface area contributed by atoms with Crippen molar-refractivity contribution >= 4 is 11.7 Å². The molecule has 0 heterocycles. The van der Waals surface area contributed by atoms with Gasteiger partial charge in [0.25, 0.3) is 5.69 Å². The molecule has 0 aromatic heterocycles. The molecule has 1 aromatic rings. The highest BCUT2D eigenvalue weighted by molar-refractivity contribution is 5.76. The molecule has 2 N–H and O–H groups in total. The molecule has 0 fully saturated rings. The maximum atomic E-state index is 10.8. The van der Waals surface area contributed by atoms with E-state index in [4.69, 9.17) is 14.6 Å². The molecule has 1 unspecified atom stereocenters. The van der Waals surface area contributed by atoms with E-state index in [1.54, 1.807) is 0 Å². The number of methoxy groups -OCH3 is 2. The number of aliphatic carboxylic acids is 1. The van der Waals surface area contributed by atoms with Gasteiger partial charge in [0, 0.05) is 0 Å². The lowest BCUT2D eigenvalue weighted by atomic mass is 10.1. The van der Waals surface area contributed by atoms with Gasteiger partial charge in [-0.05, 0) is 6.07 Å². The minimum Gasteiger partial charge on any atom is -0.493 e. The van der Waals surface area contributed by atoms with Gasteiger partial charge in [0.05, 0.1) is 30.8 Å². The smallest absolute Gasteiger partial charge is 0.337 e. The molecular formula is C10H11NO7. The first kappa shape index (κ1) is 13.7. The fraction of sp³-hybridized carbons (Fsp3) is 0.300. The summed E-state index contributed by atoms with van der Waals surface area (Å²) in [7, 11) is 2.58. The van der Waals surface area contributed by atoms with E-state index < -0.39 is 22.7 Å². The summed E-state index contributed by atoms with van der Waals surface area (Å²) in [5.74, 6) is -1.42. The van der Waals surface area contributed by atoms with Crippen molar-refractivity contribution in [2.24, 2.45) is 0 Å². The van der Waals surface area contributed by atoms with Crippen molar-refractivity contribution in [3.63, 3.8) is 0 Å². The van der Waals surface area contributed by atoms with Crippen molar-refractivity contribution in [2.75, 3.05) is 14.2 Å². The van der Waals surface area contributed by atoms with Gasteiger partial charge in [-0.2, -0.15) is 0 Å². The van der Waals surface area contributed by atoms with E-state index in [1.807, 2.05) is 0 Å². The predicted octanol–water partition coefficient (Wildman–Crippen LogP) is 0.730. The second-order valence-electron chi connectivity index (χ2n) is 3.26. The van der Waals surface area contributed by atoms with Crippen LogP contribution in [-0.4, -0.2) is 35.3 Å². The van der Waals surface area contributed by atoms with Crippen LogP contribution in [0.3, 0.4) is 0 Å². The average Bonchev–Trinajstić information content (AvgIpc) is 2.35. The largest absolute Gasteiger partial charge is 0.493 e. The zero-order valence-corrected chi connectivity index (χ0v) is 9.61. The molecule has 1 rings (SSSR count). The van der Waals surface area contributed by atoms with Gasteiger partial charge in [-0.1, -0.05) is 0 Å². The van der Waals surface area contributed by atoms with Gasteiger partial charge in [0.2, 0.25) is 0 Å². The molecule has 1 aromatic carbocycles. The summed E-state index contributed by atoms with van der Waals surface area (Å²) in [6.07, 6.45) is -2.01. The molecule has 0 spiro atoms. The third kappa shape index (κ3) is 2.48. The number of nitro groups is 1. The Bertz CT molecular complexity index is 485. The number of hydrogen-bond donors (Lipinski definition) is 2. The van der Waals surface area contributed by atoms with Gasteiger partial charge in [-0.3, -0.25) is 10.1 Å². The molecular weight excluding hydrogens is 246 g/mol.